The quantitative estimate of drug-likeness (QED) is 0.873. The molecule has 2 amide bonds. The Morgan fingerprint density at radius 1 is 1.47 bits per heavy atom. The standard InChI is InChI=1S/C14H21N3O2/c1-2-13-10-19-8-7-17(13)14(18)16-12-5-3-11(9-15)4-6-12/h3-6,13H,2,7-10,15H2,1H3,(H,16,18). The molecular weight excluding hydrogens is 242 g/mol. The normalized spacial score (nSPS) is 19.3. The summed E-state index contributed by atoms with van der Waals surface area (Å²) in [6.45, 7) is 4.45. The van der Waals surface area contributed by atoms with Gasteiger partial charge in [0.15, 0.2) is 0 Å². The van der Waals surface area contributed by atoms with Crippen LogP contribution in [0.5, 0.6) is 0 Å². The fraction of sp³-hybridized carbons (Fsp3) is 0.500. The molecule has 1 unspecified atom stereocenters. The second-order valence-corrected chi connectivity index (χ2v) is 4.66. The van der Waals surface area contributed by atoms with Crippen LogP contribution in [0.15, 0.2) is 24.3 Å². The molecule has 0 bridgehead atoms. The largest absolute Gasteiger partial charge is 0.377 e. The Hall–Kier alpha value is -1.59. The second-order valence-electron chi connectivity index (χ2n) is 4.66. The third kappa shape index (κ3) is 3.45. The van der Waals surface area contributed by atoms with Crippen molar-refractivity contribution in [1.29, 1.82) is 0 Å². The second kappa shape index (κ2) is 6.54. The topological polar surface area (TPSA) is 67.6 Å². The number of morpholine rings is 1. The zero-order valence-electron chi connectivity index (χ0n) is 11.3. The van der Waals surface area contributed by atoms with Crippen LogP contribution in [0.3, 0.4) is 0 Å². The number of nitrogens with two attached hydrogens (primary N) is 1. The molecule has 19 heavy (non-hydrogen) atoms. The molecule has 1 aromatic carbocycles. The Bertz CT molecular complexity index is 419. The van der Waals surface area contributed by atoms with Crippen LogP contribution in [0.1, 0.15) is 18.9 Å². The average Bonchev–Trinajstić information content (AvgIpc) is 2.48. The summed E-state index contributed by atoms with van der Waals surface area (Å²) >= 11 is 0. The minimum atomic E-state index is -0.0596. The maximum absolute atomic E-state index is 12.2. The summed E-state index contributed by atoms with van der Waals surface area (Å²) in [6, 6.07) is 7.70. The molecule has 0 spiro atoms. The number of hydrogen-bond donors (Lipinski definition) is 2. The fourth-order valence-corrected chi connectivity index (χ4v) is 2.18. The number of rotatable bonds is 3. The van der Waals surface area contributed by atoms with Crippen molar-refractivity contribution in [3.05, 3.63) is 29.8 Å². The molecule has 1 saturated heterocycles. The van der Waals surface area contributed by atoms with E-state index in [-0.39, 0.29) is 12.1 Å². The van der Waals surface area contributed by atoms with Crippen molar-refractivity contribution in [2.45, 2.75) is 25.9 Å². The molecule has 1 aliphatic rings. The summed E-state index contributed by atoms with van der Waals surface area (Å²) < 4.78 is 5.40. The maximum atomic E-state index is 12.2. The molecule has 0 aliphatic carbocycles. The van der Waals surface area contributed by atoms with Gasteiger partial charge in [0.25, 0.3) is 0 Å². The number of hydrogen-bond acceptors (Lipinski definition) is 3. The van der Waals surface area contributed by atoms with Crippen molar-refractivity contribution in [3.63, 3.8) is 0 Å². The summed E-state index contributed by atoms with van der Waals surface area (Å²) in [6.07, 6.45) is 0.902. The van der Waals surface area contributed by atoms with Gasteiger partial charge in [0.2, 0.25) is 0 Å². The number of benzene rings is 1. The van der Waals surface area contributed by atoms with Crippen LogP contribution in [0.25, 0.3) is 0 Å². The molecule has 0 radical (unpaired) electrons. The van der Waals surface area contributed by atoms with E-state index in [0.717, 1.165) is 17.7 Å². The molecule has 2 rings (SSSR count). The molecule has 1 heterocycles. The Balaban J connectivity index is 1.98. The van der Waals surface area contributed by atoms with Crippen molar-refractivity contribution in [1.82, 2.24) is 4.90 Å². The lowest BCUT2D eigenvalue weighted by molar-refractivity contribution is 0.0144. The van der Waals surface area contributed by atoms with Gasteiger partial charge in [-0.3, -0.25) is 0 Å². The van der Waals surface area contributed by atoms with Crippen LogP contribution >= 0.6 is 0 Å². The van der Waals surface area contributed by atoms with Gasteiger partial charge >= 0.3 is 6.03 Å². The van der Waals surface area contributed by atoms with Crippen LogP contribution < -0.4 is 11.1 Å². The molecule has 104 valence electrons. The summed E-state index contributed by atoms with van der Waals surface area (Å²) in [4.78, 5) is 14.1. The van der Waals surface area contributed by atoms with Crippen molar-refractivity contribution in [2.75, 3.05) is 25.1 Å². The molecule has 1 fully saturated rings. The lowest BCUT2D eigenvalue weighted by atomic mass is 10.2. The summed E-state index contributed by atoms with van der Waals surface area (Å²) in [5.41, 5.74) is 7.39. The van der Waals surface area contributed by atoms with Gasteiger partial charge in [0.1, 0.15) is 0 Å². The first-order chi connectivity index (χ1) is 9.24. The van der Waals surface area contributed by atoms with Gasteiger partial charge in [-0.2, -0.15) is 0 Å². The van der Waals surface area contributed by atoms with Crippen molar-refractivity contribution < 1.29 is 9.53 Å². The Kier molecular flexibility index (Phi) is 4.76. The van der Waals surface area contributed by atoms with Crippen LogP contribution in [0.4, 0.5) is 10.5 Å². The Morgan fingerprint density at radius 3 is 2.84 bits per heavy atom. The number of ether oxygens (including phenoxy) is 1. The predicted octanol–water partition coefficient (Wildman–Crippen LogP) is 1.79. The lowest BCUT2D eigenvalue weighted by Gasteiger charge is -2.35. The third-order valence-corrected chi connectivity index (χ3v) is 3.40. The highest BCUT2D eigenvalue weighted by Crippen LogP contribution is 2.14. The van der Waals surface area contributed by atoms with Crippen molar-refractivity contribution in [3.8, 4) is 0 Å². The number of anilines is 1. The summed E-state index contributed by atoms with van der Waals surface area (Å²) in [5, 5.41) is 2.92. The van der Waals surface area contributed by atoms with E-state index in [2.05, 4.69) is 12.2 Å². The monoisotopic (exact) mass is 263 g/mol. The molecule has 5 heteroatoms. The molecule has 1 atom stereocenters. The fourth-order valence-electron chi connectivity index (χ4n) is 2.18. The molecule has 0 aromatic heterocycles. The van der Waals surface area contributed by atoms with E-state index in [1.807, 2.05) is 29.2 Å². The third-order valence-electron chi connectivity index (χ3n) is 3.40. The predicted molar refractivity (Wildman–Crippen MR) is 75.0 cm³/mol. The molecule has 3 N–H and O–H groups in total. The van der Waals surface area contributed by atoms with Gasteiger partial charge in [-0.05, 0) is 24.1 Å². The molecule has 0 saturated carbocycles. The SMILES string of the molecule is CCC1COCCN1C(=O)Nc1ccc(CN)cc1. The van der Waals surface area contributed by atoms with E-state index in [4.69, 9.17) is 10.5 Å². The highest BCUT2D eigenvalue weighted by Gasteiger charge is 2.25. The Morgan fingerprint density at radius 2 is 2.21 bits per heavy atom. The summed E-state index contributed by atoms with van der Waals surface area (Å²) in [5.74, 6) is 0. The first-order valence-corrected chi connectivity index (χ1v) is 6.69. The maximum Gasteiger partial charge on any atom is 0.322 e. The van der Waals surface area contributed by atoms with Crippen LogP contribution in [0.2, 0.25) is 0 Å². The molecule has 1 aromatic rings. The van der Waals surface area contributed by atoms with Gasteiger partial charge < -0.3 is 20.7 Å². The van der Waals surface area contributed by atoms with Gasteiger partial charge in [0.05, 0.1) is 19.3 Å². The highest BCUT2D eigenvalue weighted by molar-refractivity contribution is 5.89. The minimum absolute atomic E-state index is 0.0596. The van der Waals surface area contributed by atoms with Crippen LogP contribution in [0, 0.1) is 0 Å². The van der Waals surface area contributed by atoms with E-state index in [9.17, 15) is 4.79 Å². The van der Waals surface area contributed by atoms with E-state index >= 15 is 0 Å². The first kappa shape index (κ1) is 13.8. The van der Waals surface area contributed by atoms with Crippen LogP contribution in [-0.2, 0) is 11.3 Å². The van der Waals surface area contributed by atoms with Gasteiger partial charge in [-0.25, -0.2) is 4.79 Å². The molecule has 5 nitrogen and oxygen atoms in total. The van der Waals surface area contributed by atoms with Gasteiger partial charge in [-0.1, -0.05) is 19.1 Å². The number of carbonyl (C=O) groups excluding carboxylic acids is 1. The van der Waals surface area contributed by atoms with Gasteiger partial charge in [0, 0.05) is 18.8 Å². The zero-order chi connectivity index (χ0) is 13.7. The number of nitrogens with zero attached hydrogens (tertiary/aromatic N) is 1. The highest BCUT2D eigenvalue weighted by atomic mass is 16.5. The number of amides is 2. The van der Waals surface area contributed by atoms with E-state index < -0.39 is 0 Å². The van der Waals surface area contributed by atoms with Crippen molar-refractivity contribution >= 4 is 11.7 Å². The average molecular weight is 263 g/mol. The lowest BCUT2D eigenvalue weighted by Crippen LogP contribution is -2.50. The molecule has 1 aliphatic heterocycles. The Labute approximate surface area is 113 Å². The minimum Gasteiger partial charge on any atom is -0.377 e. The molecular formula is C14H21N3O2. The van der Waals surface area contributed by atoms with Crippen LogP contribution in [-0.4, -0.2) is 36.7 Å². The number of carbonyl (C=O) groups is 1. The summed E-state index contributed by atoms with van der Waals surface area (Å²) in [7, 11) is 0. The van der Waals surface area contributed by atoms with E-state index in [1.165, 1.54) is 0 Å². The van der Waals surface area contributed by atoms with Crippen molar-refractivity contribution in [2.24, 2.45) is 5.73 Å². The number of urea groups is 1. The number of nitrogens with one attached hydrogen (secondary N) is 1. The van der Waals surface area contributed by atoms with E-state index in [1.54, 1.807) is 0 Å². The first-order valence-electron chi connectivity index (χ1n) is 6.69. The van der Waals surface area contributed by atoms with Gasteiger partial charge in [-0.15, -0.1) is 0 Å². The smallest absolute Gasteiger partial charge is 0.322 e. The zero-order valence-corrected chi connectivity index (χ0v) is 11.3. The van der Waals surface area contributed by atoms with E-state index in [0.29, 0.717) is 26.3 Å².